The van der Waals surface area contributed by atoms with Crippen LogP contribution in [0.3, 0.4) is 0 Å². The first kappa shape index (κ1) is 18.4. The highest BCUT2D eigenvalue weighted by Crippen LogP contribution is 2.39. The Bertz CT molecular complexity index is 633. The van der Waals surface area contributed by atoms with Gasteiger partial charge in [0.25, 0.3) is 5.91 Å². The standard InChI is InChI=1S/C19H28N2O3S/c1-13-7-8-14-15(11-13)25-18(17(14)19(23)24-2)20-16(22)12-21-9-5-3-4-6-10-21/h13H,3-12H2,1-2H3,(H,20,22)/p+1. The van der Waals surface area contributed by atoms with Crippen molar-refractivity contribution in [3.05, 3.63) is 16.0 Å². The van der Waals surface area contributed by atoms with Crippen molar-refractivity contribution in [2.75, 3.05) is 32.1 Å². The molecule has 1 fully saturated rings. The predicted octanol–water partition coefficient (Wildman–Crippen LogP) is 2.06. The molecule has 2 N–H and O–H groups in total. The van der Waals surface area contributed by atoms with Crippen molar-refractivity contribution < 1.29 is 19.2 Å². The van der Waals surface area contributed by atoms with E-state index in [9.17, 15) is 9.59 Å². The number of amides is 1. The minimum Gasteiger partial charge on any atom is -0.465 e. The zero-order valence-corrected chi connectivity index (χ0v) is 16.1. The maximum atomic E-state index is 12.6. The molecule has 1 aliphatic heterocycles. The van der Waals surface area contributed by atoms with Crippen LogP contribution >= 0.6 is 11.3 Å². The van der Waals surface area contributed by atoms with E-state index in [1.807, 2.05) is 0 Å². The third-order valence-electron chi connectivity index (χ3n) is 5.38. The van der Waals surface area contributed by atoms with E-state index in [0.717, 1.165) is 37.9 Å². The lowest BCUT2D eigenvalue weighted by atomic mass is 9.88. The second kappa shape index (κ2) is 8.32. The summed E-state index contributed by atoms with van der Waals surface area (Å²) < 4.78 is 4.99. The van der Waals surface area contributed by atoms with E-state index >= 15 is 0 Å². The van der Waals surface area contributed by atoms with Crippen molar-refractivity contribution in [1.29, 1.82) is 0 Å². The van der Waals surface area contributed by atoms with Crippen molar-refractivity contribution in [1.82, 2.24) is 0 Å². The van der Waals surface area contributed by atoms with E-state index < -0.39 is 0 Å². The van der Waals surface area contributed by atoms with E-state index in [4.69, 9.17) is 4.74 Å². The van der Waals surface area contributed by atoms with Crippen LogP contribution in [0.4, 0.5) is 5.00 Å². The Labute approximate surface area is 153 Å². The second-order valence-electron chi connectivity index (χ2n) is 7.44. The van der Waals surface area contributed by atoms with Gasteiger partial charge in [0.05, 0.1) is 25.8 Å². The number of carbonyl (C=O) groups is 2. The van der Waals surface area contributed by atoms with Crippen LogP contribution in [0.1, 0.15) is 59.8 Å². The van der Waals surface area contributed by atoms with Gasteiger partial charge in [-0.15, -0.1) is 11.3 Å². The molecule has 1 atom stereocenters. The van der Waals surface area contributed by atoms with Crippen LogP contribution in [0.25, 0.3) is 0 Å². The molecule has 1 aliphatic carbocycles. The molecule has 25 heavy (non-hydrogen) atoms. The van der Waals surface area contributed by atoms with Gasteiger partial charge in [0.1, 0.15) is 5.00 Å². The van der Waals surface area contributed by atoms with Gasteiger partial charge in [-0.05, 0) is 56.4 Å². The summed E-state index contributed by atoms with van der Waals surface area (Å²) in [5.41, 5.74) is 1.68. The maximum Gasteiger partial charge on any atom is 0.341 e. The molecule has 0 saturated carbocycles. The molecular formula is C19H29N2O3S+. The largest absolute Gasteiger partial charge is 0.465 e. The molecule has 1 aromatic rings. The first-order chi connectivity index (χ1) is 12.1. The van der Waals surface area contributed by atoms with Crippen molar-refractivity contribution in [3.63, 3.8) is 0 Å². The van der Waals surface area contributed by atoms with Gasteiger partial charge in [-0.3, -0.25) is 4.79 Å². The number of thiophene rings is 1. The number of methoxy groups -OCH3 is 1. The molecule has 2 heterocycles. The molecule has 1 amide bonds. The van der Waals surface area contributed by atoms with Crippen LogP contribution in [0, 0.1) is 5.92 Å². The van der Waals surface area contributed by atoms with Gasteiger partial charge in [0, 0.05) is 4.88 Å². The predicted molar refractivity (Wildman–Crippen MR) is 99.5 cm³/mol. The highest BCUT2D eigenvalue weighted by Gasteiger charge is 2.29. The molecule has 5 nitrogen and oxygen atoms in total. The summed E-state index contributed by atoms with van der Waals surface area (Å²) in [6.07, 6.45) is 7.89. The summed E-state index contributed by atoms with van der Waals surface area (Å²) in [4.78, 5) is 27.4. The summed E-state index contributed by atoms with van der Waals surface area (Å²) in [6, 6.07) is 0. The normalized spacial score (nSPS) is 21.3. The molecule has 3 rings (SSSR count). The van der Waals surface area contributed by atoms with Gasteiger partial charge in [0.15, 0.2) is 6.54 Å². The molecule has 0 bridgehead atoms. The van der Waals surface area contributed by atoms with Crippen LogP contribution in [-0.2, 0) is 22.4 Å². The molecule has 138 valence electrons. The third-order valence-corrected chi connectivity index (χ3v) is 6.55. The number of carbonyl (C=O) groups excluding carboxylic acids is 2. The van der Waals surface area contributed by atoms with Crippen molar-refractivity contribution in [3.8, 4) is 0 Å². The van der Waals surface area contributed by atoms with Crippen molar-refractivity contribution >= 4 is 28.2 Å². The number of ether oxygens (including phenoxy) is 1. The van der Waals surface area contributed by atoms with E-state index in [2.05, 4.69) is 12.2 Å². The monoisotopic (exact) mass is 365 g/mol. The average molecular weight is 366 g/mol. The van der Waals surface area contributed by atoms with Gasteiger partial charge < -0.3 is 15.0 Å². The fraction of sp³-hybridized carbons (Fsp3) is 0.684. The lowest BCUT2D eigenvalue weighted by molar-refractivity contribution is -0.890. The smallest absolute Gasteiger partial charge is 0.341 e. The Hall–Kier alpha value is -1.40. The van der Waals surface area contributed by atoms with Crippen molar-refractivity contribution in [2.45, 2.75) is 51.9 Å². The van der Waals surface area contributed by atoms with Gasteiger partial charge in [-0.25, -0.2) is 4.79 Å². The lowest BCUT2D eigenvalue weighted by Crippen LogP contribution is -3.12. The number of fused-ring (bicyclic) bond motifs is 1. The zero-order valence-electron chi connectivity index (χ0n) is 15.3. The molecule has 0 spiro atoms. The van der Waals surface area contributed by atoms with Gasteiger partial charge in [-0.1, -0.05) is 6.92 Å². The third kappa shape index (κ3) is 4.42. The number of nitrogens with one attached hydrogen (secondary N) is 2. The summed E-state index contributed by atoms with van der Waals surface area (Å²) in [5, 5.41) is 3.71. The number of anilines is 1. The number of likely N-dealkylation sites (tertiary alicyclic amines) is 1. The minimum absolute atomic E-state index is 0.00805. The molecule has 6 heteroatoms. The number of rotatable bonds is 4. The molecule has 0 radical (unpaired) electrons. The Kier molecular flexibility index (Phi) is 6.12. The highest BCUT2D eigenvalue weighted by molar-refractivity contribution is 7.17. The highest BCUT2D eigenvalue weighted by atomic mass is 32.1. The van der Waals surface area contributed by atoms with Crippen LogP contribution in [0.2, 0.25) is 0 Å². The molecule has 0 aromatic carbocycles. The number of esters is 1. The Balaban J connectivity index is 1.74. The molecule has 2 aliphatic rings. The van der Waals surface area contributed by atoms with Gasteiger partial charge in [0.2, 0.25) is 0 Å². The molecule has 1 saturated heterocycles. The maximum absolute atomic E-state index is 12.6. The van der Waals surface area contributed by atoms with Gasteiger partial charge in [-0.2, -0.15) is 0 Å². The van der Waals surface area contributed by atoms with Crippen molar-refractivity contribution in [2.24, 2.45) is 5.92 Å². The SMILES string of the molecule is COC(=O)c1c(NC(=O)C[NH+]2CCCCCC2)sc2c1CCC(C)C2. The first-order valence-electron chi connectivity index (χ1n) is 9.44. The summed E-state index contributed by atoms with van der Waals surface area (Å²) in [5.74, 6) is 0.305. The fourth-order valence-corrected chi connectivity index (χ4v) is 5.38. The summed E-state index contributed by atoms with van der Waals surface area (Å²) in [6.45, 7) is 4.85. The Morgan fingerprint density at radius 3 is 2.64 bits per heavy atom. The van der Waals surface area contributed by atoms with E-state index in [0.29, 0.717) is 23.0 Å². The Morgan fingerprint density at radius 2 is 1.96 bits per heavy atom. The van der Waals surface area contributed by atoms with E-state index in [1.165, 1.54) is 42.6 Å². The molecule has 1 aromatic heterocycles. The first-order valence-corrected chi connectivity index (χ1v) is 10.3. The van der Waals surface area contributed by atoms with Crippen LogP contribution in [0.5, 0.6) is 0 Å². The average Bonchev–Trinajstić information content (AvgIpc) is 2.75. The topological polar surface area (TPSA) is 59.8 Å². The summed E-state index contributed by atoms with van der Waals surface area (Å²) >= 11 is 1.56. The van der Waals surface area contributed by atoms with Crippen LogP contribution in [-0.4, -0.2) is 38.6 Å². The Morgan fingerprint density at radius 1 is 1.24 bits per heavy atom. The zero-order chi connectivity index (χ0) is 17.8. The quantitative estimate of drug-likeness (QED) is 0.803. The number of quaternary nitrogens is 1. The minimum atomic E-state index is -0.329. The van der Waals surface area contributed by atoms with Gasteiger partial charge >= 0.3 is 5.97 Å². The summed E-state index contributed by atoms with van der Waals surface area (Å²) in [7, 11) is 1.41. The van der Waals surface area contributed by atoms with E-state index in [1.54, 1.807) is 11.3 Å². The number of hydrogen-bond acceptors (Lipinski definition) is 4. The molecule has 1 unspecified atom stereocenters. The van der Waals surface area contributed by atoms with Crippen LogP contribution in [0.15, 0.2) is 0 Å². The fourth-order valence-electron chi connectivity index (χ4n) is 3.96. The number of hydrogen-bond donors (Lipinski definition) is 2. The lowest BCUT2D eigenvalue weighted by Gasteiger charge is -2.18. The molecular weight excluding hydrogens is 336 g/mol. The van der Waals surface area contributed by atoms with Crippen LogP contribution < -0.4 is 10.2 Å². The second-order valence-corrected chi connectivity index (χ2v) is 8.54. The van der Waals surface area contributed by atoms with E-state index in [-0.39, 0.29) is 11.9 Å².